The summed E-state index contributed by atoms with van der Waals surface area (Å²) >= 11 is 0. The van der Waals surface area contributed by atoms with E-state index in [1.807, 2.05) is 0 Å². The smallest absolute Gasteiger partial charge is 0.433 e. The number of alkyl halides is 5. The van der Waals surface area contributed by atoms with Crippen molar-refractivity contribution in [1.82, 2.24) is 4.98 Å². The molecule has 0 saturated carbocycles. The van der Waals surface area contributed by atoms with E-state index in [1.165, 1.54) is 0 Å². The molecule has 0 fully saturated rings. The lowest BCUT2D eigenvalue weighted by molar-refractivity contribution is -0.142. The molecule has 4 nitrogen and oxygen atoms in total. The maximum Gasteiger partial charge on any atom is 0.433 e. The van der Waals surface area contributed by atoms with Crippen molar-refractivity contribution in [3.8, 4) is 0 Å². The molecule has 18 heavy (non-hydrogen) atoms. The monoisotopic (exact) mass is 270 g/mol. The highest BCUT2D eigenvalue weighted by molar-refractivity contribution is 5.89. The van der Waals surface area contributed by atoms with Crippen LogP contribution in [0.4, 0.5) is 22.0 Å². The minimum absolute atomic E-state index is 0.393. The fourth-order valence-corrected chi connectivity index (χ4v) is 1.34. The van der Waals surface area contributed by atoms with Crippen molar-refractivity contribution >= 4 is 5.97 Å². The van der Waals surface area contributed by atoms with Crippen LogP contribution >= 0.6 is 0 Å². The predicted octanol–water partition coefficient (Wildman–Crippen LogP) is 2.19. The van der Waals surface area contributed by atoms with Gasteiger partial charge in [0.25, 0.3) is 6.43 Å². The Labute approximate surface area is 97.2 Å². The zero-order valence-corrected chi connectivity index (χ0v) is 8.63. The second kappa shape index (κ2) is 4.84. The maximum atomic E-state index is 12.6. The molecule has 0 radical (unpaired) electrons. The number of nitrogens with two attached hydrogens (primary N) is 1. The summed E-state index contributed by atoms with van der Waals surface area (Å²) in [5.74, 6) is -1.77. The Morgan fingerprint density at radius 3 is 2.33 bits per heavy atom. The first kappa shape index (κ1) is 14.3. The summed E-state index contributed by atoms with van der Waals surface area (Å²) < 4.78 is 62.4. The largest absolute Gasteiger partial charge is 0.478 e. The summed E-state index contributed by atoms with van der Waals surface area (Å²) in [6, 6.07) is 0.393. The van der Waals surface area contributed by atoms with Gasteiger partial charge in [-0.2, -0.15) is 13.2 Å². The highest BCUT2D eigenvalue weighted by Gasteiger charge is 2.38. The van der Waals surface area contributed by atoms with Gasteiger partial charge in [0.05, 0.1) is 5.56 Å². The van der Waals surface area contributed by atoms with Crippen LogP contribution in [-0.4, -0.2) is 16.1 Å². The number of hydrogen-bond acceptors (Lipinski definition) is 3. The first-order chi connectivity index (χ1) is 8.18. The van der Waals surface area contributed by atoms with Crippen molar-refractivity contribution < 1.29 is 31.9 Å². The van der Waals surface area contributed by atoms with Crippen LogP contribution in [0.5, 0.6) is 0 Å². The van der Waals surface area contributed by atoms with Gasteiger partial charge in [-0.25, -0.2) is 18.6 Å². The van der Waals surface area contributed by atoms with Crippen molar-refractivity contribution in [3.05, 3.63) is 28.6 Å². The van der Waals surface area contributed by atoms with E-state index >= 15 is 0 Å². The maximum absolute atomic E-state index is 12.6. The average Bonchev–Trinajstić information content (AvgIpc) is 2.25. The van der Waals surface area contributed by atoms with E-state index in [-0.39, 0.29) is 0 Å². The Hall–Kier alpha value is -1.77. The molecule has 9 heteroatoms. The zero-order valence-electron chi connectivity index (χ0n) is 8.63. The van der Waals surface area contributed by atoms with Crippen LogP contribution in [0.2, 0.25) is 0 Å². The van der Waals surface area contributed by atoms with E-state index in [4.69, 9.17) is 10.8 Å². The topological polar surface area (TPSA) is 76.2 Å². The van der Waals surface area contributed by atoms with E-state index in [1.54, 1.807) is 0 Å². The standard InChI is InChI=1S/C9H7F5N2O2/c10-7(11)5-1-3(8(17)18)4(2-15)6(16-5)9(12,13)14/h1,7H,2,15H2,(H,17,18). The second-order valence-electron chi connectivity index (χ2n) is 3.23. The number of aromatic nitrogens is 1. The lowest BCUT2D eigenvalue weighted by atomic mass is 10.0. The minimum atomic E-state index is -5.05. The zero-order chi connectivity index (χ0) is 14.1. The molecule has 3 N–H and O–H groups in total. The molecular weight excluding hydrogens is 263 g/mol. The van der Waals surface area contributed by atoms with Crippen molar-refractivity contribution in [2.24, 2.45) is 5.73 Å². The van der Waals surface area contributed by atoms with E-state index in [0.717, 1.165) is 0 Å². The molecule has 0 amide bonds. The van der Waals surface area contributed by atoms with Gasteiger partial charge in [-0.1, -0.05) is 0 Å². The lowest BCUT2D eigenvalue weighted by Crippen LogP contribution is -2.20. The Morgan fingerprint density at radius 1 is 1.44 bits per heavy atom. The van der Waals surface area contributed by atoms with E-state index in [2.05, 4.69) is 4.98 Å². The van der Waals surface area contributed by atoms with Crippen LogP contribution in [0.3, 0.4) is 0 Å². The average molecular weight is 270 g/mol. The quantitative estimate of drug-likeness (QED) is 0.825. The number of halogens is 5. The highest BCUT2D eigenvalue weighted by Crippen LogP contribution is 2.33. The van der Waals surface area contributed by atoms with Crippen LogP contribution in [-0.2, 0) is 12.7 Å². The fraction of sp³-hybridized carbons (Fsp3) is 0.333. The first-order valence-corrected chi connectivity index (χ1v) is 4.51. The van der Waals surface area contributed by atoms with Crippen molar-refractivity contribution in [3.63, 3.8) is 0 Å². The van der Waals surface area contributed by atoms with E-state index < -0.39 is 47.6 Å². The molecule has 100 valence electrons. The highest BCUT2D eigenvalue weighted by atomic mass is 19.4. The molecule has 0 bridgehead atoms. The summed E-state index contributed by atoms with van der Waals surface area (Å²) in [5.41, 5.74) is 0.333. The third kappa shape index (κ3) is 2.73. The van der Waals surface area contributed by atoms with Gasteiger partial charge < -0.3 is 10.8 Å². The van der Waals surface area contributed by atoms with Crippen LogP contribution < -0.4 is 5.73 Å². The first-order valence-electron chi connectivity index (χ1n) is 4.51. The fourth-order valence-electron chi connectivity index (χ4n) is 1.34. The molecule has 0 saturated heterocycles. The molecular formula is C9H7F5N2O2. The van der Waals surface area contributed by atoms with Gasteiger partial charge in [0.1, 0.15) is 11.4 Å². The van der Waals surface area contributed by atoms with Crippen LogP contribution in [0.25, 0.3) is 0 Å². The number of carboxylic acid groups (broad SMARTS) is 1. The van der Waals surface area contributed by atoms with Crippen molar-refractivity contribution in [1.29, 1.82) is 0 Å². The van der Waals surface area contributed by atoms with Gasteiger partial charge in [0, 0.05) is 12.1 Å². The van der Waals surface area contributed by atoms with Gasteiger partial charge in [0.15, 0.2) is 0 Å². The van der Waals surface area contributed by atoms with Gasteiger partial charge in [-0.05, 0) is 6.07 Å². The molecule has 0 aromatic carbocycles. The third-order valence-corrected chi connectivity index (χ3v) is 2.07. The van der Waals surface area contributed by atoms with Gasteiger partial charge in [0.2, 0.25) is 0 Å². The number of carboxylic acids is 1. The van der Waals surface area contributed by atoms with Gasteiger partial charge >= 0.3 is 12.1 Å². The molecule has 1 aromatic heterocycles. The molecule has 1 aromatic rings. The number of rotatable bonds is 3. The number of carbonyl (C=O) groups is 1. The predicted molar refractivity (Wildman–Crippen MR) is 49.0 cm³/mol. The Balaban J connectivity index is 3.62. The summed E-state index contributed by atoms with van der Waals surface area (Å²) in [6.07, 6.45) is -8.36. The molecule has 0 atom stereocenters. The summed E-state index contributed by atoms with van der Waals surface area (Å²) in [7, 11) is 0. The molecule has 1 heterocycles. The SMILES string of the molecule is NCc1c(C(=O)O)cc(C(F)F)nc1C(F)(F)F. The molecule has 0 unspecified atom stereocenters. The molecule has 0 spiro atoms. The Kier molecular flexibility index (Phi) is 3.85. The van der Waals surface area contributed by atoms with Crippen LogP contribution in [0.15, 0.2) is 6.07 Å². The van der Waals surface area contributed by atoms with E-state index in [0.29, 0.717) is 6.07 Å². The minimum Gasteiger partial charge on any atom is -0.478 e. The lowest BCUT2D eigenvalue weighted by Gasteiger charge is -2.14. The third-order valence-electron chi connectivity index (χ3n) is 2.07. The summed E-state index contributed by atoms with van der Waals surface area (Å²) in [5, 5.41) is 8.70. The van der Waals surface area contributed by atoms with Crippen LogP contribution in [0, 0.1) is 0 Å². The normalized spacial score (nSPS) is 11.9. The van der Waals surface area contributed by atoms with E-state index in [9.17, 15) is 26.7 Å². The number of nitrogens with zero attached hydrogens (tertiary/aromatic N) is 1. The molecule has 0 aliphatic rings. The van der Waals surface area contributed by atoms with Crippen LogP contribution in [0.1, 0.15) is 33.7 Å². The number of pyridine rings is 1. The second-order valence-corrected chi connectivity index (χ2v) is 3.23. The van der Waals surface area contributed by atoms with Crippen molar-refractivity contribution in [2.75, 3.05) is 0 Å². The Morgan fingerprint density at radius 2 is 2.00 bits per heavy atom. The van der Waals surface area contributed by atoms with Gasteiger partial charge in [-0.3, -0.25) is 0 Å². The summed E-state index contributed by atoms with van der Waals surface area (Å²) in [4.78, 5) is 13.5. The number of hydrogen-bond donors (Lipinski definition) is 2. The Bertz CT molecular complexity index is 473. The molecule has 1 rings (SSSR count). The molecule has 0 aliphatic carbocycles. The van der Waals surface area contributed by atoms with Gasteiger partial charge in [-0.15, -0.1) is 0 Å². The summed E-state index contributed by atoms with van der Waals surface area (Å²) in [6.45, 7) is -0.771. The molecule has 0 aliphatic heterocycles. The number of aromatic carboxylic acids is 1. The van der Waals surface area contributed by atoms with Crippen molar-refractivity contribution in [2.45, 2.75) is 19.1 Å².